The molecular formula is C26H34N4O. The number of urea groups is 1. The summed E-state index contributed by atoms with van der Waals surface area (Å²) in [6, 6.07) is 15.0. The fraction of sp³-hybridized carbons (Fsp3) is 0.538. The first-order valence-electron chi connectivity index (χ1n) is 11.7. The molecule has 3 aliphatic rings. The molecule has 0 N–H and O–H groups in total. The number of nitrogens with zero attached hydrogens (tertiary/aromatic N) is 4. The summed E-state index contributed by atoms with van der Waals surface area (Å²) in [6.07, 6.45) is 3.51. The molecule has 1 aromatic carbocycles. The van der Waals surface area contributed by atoms with Crippen molar-refractivity contribution < 1.29 is 4.79 Å². The lowest BCUT2D eigenvalue weighted by Crippen LogP contribution is -2.46. The van der Waals surface area contributed by atoms with Crippen LogP contribution in [0.4, 0.5) is 10.5 Å². The molecule has 2 fully saturated rings. The molecule has 0 aliphatic carbocycles. The van der Waals surface area contributed by atoms with Gasteiger partial charge in [-0.05, 0) is 62.4 Å². The van der Waals surface area contributed by atoms with Gasteiger partial charge in [-0.3, -0.25) is 14.8 Å². The van der Waals surface area contributed by atoms with Gasteiger partial charge in [0.05, 0.1) is 11.4 Å². The number of likely N-dealkylation sites (tertiary alicyclic amines) is 2. The van der Waals surface area contributed by atoms with E-state index in [2.05, 4.69) is 60.0 Å². The minimum atomic E-state index is -0.1000. The number of piperidine rings is 1. The van der Waals surface area contributed by atoms with Gasteiger partial charge in [0, 0.05) is 37.3 Å². The van der Waals surface area contributed by atoms with Crippen LogP contribution in [0.3, 0.4) is 0 Å². The van der Waals surface area contributed by atoms with Crippen LogP contribution in [-0.2, 0) is 12.0 Å². The molecule has 0 radical (unpaired) electrons. The van der Waals surface area contributed by atoms with E-state index in [1.165, 1.54) is 18.4 Å². The Labute approximate surface area is 186 Å². The molecule has 2 saturated heterocycles. The van der Waals surface area contributed by atoms with Gasteiger partial charge in [-0.2, -0.15) is 0 Å². The van der Waals surface area contributed by atoms with Gasteiger partial charge in [0.25, 0.3) is 0 Å². The third-order valence-electron chi connectivity index (χ3n) is 7.60. The fourth-order valence-corrected chi connectivity index (χ4v) is 5.70. The molecule has 5 nitrogen and oxygen atoms in total. The normalized spacial score (nSPS) is 22.2. The van der Waals surface area contributed by atoms with Crippen molar-refractivity contribution in [3.63, 3.8) is 0 Å². The molecule has 1 aromatic heterocycles. The van der Waals surface area contributed by atoms with Gasteiger partial charge in [0.15, 0.2) is 0 Å². The van der Waals surface area contributed by atoms with E-state index in [0.717, 1.165) is 56.2 Å². The molecule has 2 aromatic rings. The predicted octanol–water partition coefficient (Wildman–Crippen LogP) is 4.60. The minimum Gasteiger partial charge on any atom is -0.324 e. The van der Waals surface area contributed by atoms with E-state index < -0.39 is 0 Å². The number of fused-ring (bicyclic) bond motifs is 1. The third kappa shape index (κ3) is 3.84. The van der Waals surface area contributed by atoms with Gasteiger partial charge in [0.1, 0.15) is 0 Å². The van der Waals surface area contributed by atoms with Gasteiger partial charge in [-0.1, -0.05) is 44.2 Å². The number of rotatable bonds is 2. The largest absolute Gasteiger partial charge is 0.324 e. The van der Waals surface area contributed by atoms with E-state index >= 15 is 0 Å². The van der Waals surface area contributed by atoms with Crippen LogP contribution in [0.1, 0.15) is 50.1 Å². The molecule has 0 atom stereocenters. The number of carbonyl (C=O) groups excluding carboxylic acids is 1. The van der Waals surface area contributed by atoms with Gasteiger partial charge >= 0.3 is 6.03 Å². The smallest absolute Gasteiger partial charge is 0.324 e. The highest BCUT2D eigenvalue weighted by Crippen LogP contribution is 2.43. The summed E-state index contributed by atoms with van der Waals surface area (Å²) in [7, 11) is 0. The first-order valence-corrected chi connectivity index (χ1v) is 11.7. The van der Waals surface area contributed by atoms with Crippen LogP contribution in [0.5, 0.6) is 0 Å². The number of pyridine rings is 1. The average Bonchev–Trinajstić information content (AvgIpc) is 3.29. The summed E-state index contributed by atoms with van der Waals surface area (Å²) in [5, 5.41) is 0. The molecule has 3 aliphatic heterocycles. The Morgan fingerprint density at radius 1 is 0.968 bits per heavy atom. The molecule has 5 rings (SSSR count). The zero-order valence-electron chi connectivity index (χ0n) is 19.1. The summed E-state index contributed by atoms with van der Waals surface area (Å²) in [4.78, 5) is 25.0. The number of benzene rings is 1. The lowest BCUT2D eigenvalue weighted by molar-refractivity contribution is 0.105. The fourth-order valence-electron chi connectivity index (χ4n) is 5.70. The monoisotopic (exact) mass is 418 g/mol. The van der Waals surface area contributed by atoms with Crippen molar-refractivity contribution >= 4 is 11.7 Å². The highest BCUT2D eigenvalue weighted by Gasteiger charge is 2.46. The number of hydrogen-bond donors (Lipinski definition) is 0. The van der Waals surface area contributed by atoms with Crippen LogP contribution in [0, 0.1) is 12.3 Å². The van der Waals surface area contributed by atoms with Crippen LogP contribution >= 0.6 is 0 Å². The van der Waals surface area contributed by atoms with Gasteiger partial charge < -0.3 is 4.90 Å². The SMILES string of the molecule is Cc1ccc2c(n1)C(C)(C)CN2C(=O)N1CCC2(CCN(Cc3ccccc3)CC2)C1. The number of amides is 2. The van der Waals surface area contributed by atoms with Crippen molar-refractivity contribution in [1.82, 2.24) is 14.8 Å². The minimum absolute atomic E-state index is 0.1000. The van der Waals surface area contributed by atoms with Crippen LogP contribution < -0.4 is 4.90 Å². The van der Waals surface area contributed by atoms with E-state index in [9.17, 15) is 4.79 Å². The third-order valence-corrected chi connectivity index (χ3v) is 7.60. The van der Waals surface area contributed by atoms with E-state index in [0.29, 0.717) is 12.0 Å². The highest BCUT2D eigenvalue weighted by molar-refractivity contribution is 5.95. The Kier molecular flexibility index (Phi) is 5.04. The summed E-state index contributed by atoms with van der Waals surface area (Å²) < 4.78 is 0. The Hall–Kier alpha value is -2.40. The average molecular weight is 419 g/mol. The Balaban J connectivity index is 1.23. The van der Waals surface area contributed by atoms with Crippen molar-refractivity contribution in [1.29, 1.82) is 0 Å². The van der Waals surface area contributed by atoms with E-state index in [1.54, 1.807) is 0 Å². The molecule has 0 unspecified atom stereocenters. The van der Waals surface area contributed by atoms with Crippen molar-refractivity contribution in [2.45, 2.75) is 52.0 Å². The molecule has 2 amide bonds. The standard InChI is InChI=1S/C26H34N4O/c1-20-9-10-22-23(27-20)25(2,3)18-30(22)24(31)29-16-13-26(19-29)11-14-28(15-12-26)17-21-7-5-4-6-8-21/h4-10H,11-19H2,1-3H3. The van der Waals surface area contributed by atoms with Crippen molar-refractivity contribution in [2.75, 3.05) is 37.6 Å². The zero-order chi connectivity index (χ0) is 21.6. The molecule has 31 heavy (non-hydrogen) atoms. The van der Waals surface area contributed by atoms with Crippen molar-refractivity contribution in [2.24, 2.45) is 5.41 Å². The first kappa shape index (κ1) is 20.5. The second-order valence-corrected chi connectivity index (χ2v) is 10.5. The first-order chi connectivity index (χ1) is 14.9. The van der Waals surface area contributed by atoms with Gasteiger partial charge in [0.2, 0.25) is 0 Å². The maximum absolute atomic E-state index is 13.5. The molecule has 0 saturated carbocycles. The Bertz CT molecular complexity index is 963. The number of hydrogen-bond acceptors (Lipinski definition) is 3. The number of anilines is 1. The van der Waals surface area contributed by atoms with Crippen molar-refractivity contribution in [3.8, 4) is 0 Å². The lowest BCUT2D eigenvalue weighted by atomic mass is 9.77. The second kappa shape index (κ2) is 7.63. The van der Waals surface area contributed by atoms with Crippen LogP contribution in [0.2, 0.25) is 0 Å². The maximum atomic E-state index is 13.5. The topological polar surface area (TPSA) is 39.7 Å². The van der Waals surface area contributed by atoms with Crippen LogP contribution in [-0.4, -0.2) is 53.5 Å². The summed E-state index contributed by atoms with van der Waals surface area (Å²) in [5.74, 6) is 0. The predicted molar refractivity (Wildman–Crippen MR) is 124 cm³/mol. The molecule has 164 valence electrons. The van der Waals surface area contributed by atoms with E-state index in [-0.39, 0.29) is 11.4 Å². The number of carbonyl (C=O) groups is 1. The second-order valence-electron chi connectivity index (χ2n) is 10.5. The Morgan fingerprint density at radius 2 is 1.68 bits per heavy atom. The summed E-state index contributed by atoms with van der Waals surface area (Å²) >= 11 is 0. The van der Waals surface area contributed by atoms with E-state index in [4.69, 9.17) is 4.98 Å². The van der Waals surface area contributed by atoms with Gasteiger partial charge in [-0.25, -0.2) is 4.79 Å². The van der Waals surface area contributed by atoms with Crippen molar-refractivity contribution in [3.05, 3.63) is 59.4 Å². The quantitative estimate of drug-likeness (QED) is 0.716. The van der Waals surface area contributed by atoms with Crippen LogP contribution in [0.15, 0.2) is 42.5 Å². The molecule has 1 spiro atoms. The summed E-state index contributed by atoms with van der Waals surface area (Å²) in [6.45, 7) is 12.2. The Morgan fingerprint density at radius 3 is 2.42 bits per heavy atom. The molecular weight excluding hydrogens is 384 g/mol. The number of aromatic nitrogens is 1. The molecule has 4 heterocycles. The highest BCUT2D eigenvalue weighted by atomic mass is 16.2. The number of aryl methyl sites for hydroxylation is 1. The summed E-state index contributed by atoms with van der Waals surface area (Å²) in [5.41, 5.74) is 4.66. The molecule has 5 heteroatoms. The van der Waals surface area contributed by atoms with Crippen LogP contribution in [0.25, 0.3) is 0 Å². The maximum Gasteiger partial charge on any atom is 0.324 e. The van der Waals surface area contributed by atoms with Gasteiger partial charge in [-0.15, -0.1) is 0 Å². The van der Waals surface area contributed by atoms with E-state index in [1.807, 2.05) is 17.9 Å². The molecule has 0 bridgehead atoms. The lowest BCUT2D eigenvalue weighted by Gasteiger charge is -2.39. The zero-order valence-corrected chi connectivity index (χ0v) is 19.1.